The molecule has 1 N–H and O–H groups in total. The van der Waals surface area contributed by atoms with Gasteiger partial charge in [0, 0.05) is 0 Å². The van der Waals surface area contributed by atoms with Crippen molar-refractivity contribution < 1.29 is 5.11 Å². The van der Waals surface area contributed by atoms with Gasteiger partial charge in [-0.05, 0) is 19.3 Å². The Balaban J connectivity index is 0. The summed E-state index contributed by atoms with van der Waals surface area (Å²) in [6, 6.07) is 12.0. The Bertz CT molecular complexity index is 187. The number of hydrogen-bond acceptors (Lipinski definition) is 1. The fourth-order valence-electron chi connectivity index (χ4n) is 1.07. The van der Waals surface area contributed by atoms with Crippen LogP contribution in [-0.2, 0) is 0 Å². The van der Waals surface area contributed by atoms with Crippen LogP contribution in [-0.4, -0.2) is 11.2 Å². The highest BCUT2D eigenvalue weighted by molar-refractivity contribution is 4.99. The quantitative estimate of drug-likeness (QED) is 0.721. The minimum absolute atomic E-state index is 0.0958. The molecular weight excluding hydrogens is 220 g/mol. The summed E-state index contributed by atoms with van der Waals surface area (Å²) >= 11 is 0. The zero-order valence-corrected chi connectivity index (χ0v) is 12.9. The van der Waals surface area contributed by atoms with Gasteiger partial charge in [0.15, 0.2) is 0 Å². The molecule has 1 atom stereocenters. The lowest BCUT2D eigenvalue weighted by Gasteiger charge is -2.00. The number of unbranched alkanes of at least 4 members (excludes halogenated alkanes) is 2. The molecule has 0 aliphatic heterocycles. The molecule has 0 fully saturated rings. The SMILES string of the molecule is CC(C)C.CCCCCC(C)O.c1ccccc1. The predicted molar refractivity (Wildman–Crippen MR) is 82.8 cm³/mol. The second kappa shape index (κ2) is 16.2. The zero-order chi connectivity index (χ0) is 14.2. The molecule has 1 heteroatoms. The molecule has 1 aromatic rings. The van der Waals surface area contributed by atoms with E-state index in [1.165, 1.54) is 19.3 Å². The van der Waals surface area contributed by atoms with E-state index in [4.69, 9.17) is 5.11 Å². The van der Waals surface area contributed by atoms with Gasteiger partial charge in [0.1, 0.15) is 0 Å². The lowest BCUT2D eigenvalue weighted by Crippen LogP contribution is -1.97. The van der Waals surface area contributed by atoms with E-state index in [9.17, 15) is 0 Å². The molecule has 0 bridgehead atoms. The van der Waals surface area contributed by atoms with Gasteiger partial charge in [0.2, 0.25) is 0 Å². The molecule has 0 amide bonds. The van der Waals surface area contributed by atoms with Gasteiger partial charge in [0.25, 0.3) is 0 Å². The van der Waals surface area contributed by atoms with E-state index in [0.29, 0.717) is 0 Å². The molecule has 1 nitrogen and oxygen atoms in total. The highest BCUT2D eigenvalue weighted by Gasteiger charge is 1.92. The standard InChI is InChI=1S/C7H16O.C6H6.C4H10/c1-3-4-5-6-7(2)8;1-2-4-6-5-3-1;1-4(2)3/h7-8H,3-6H2,1-2H3;1-6H;4H,1-3H3. The van der Waals surface area contributed by atoms with Crippen LogP contribution in [0.25, 0.3) is 0 Å². The Labute approximate surface area is 114 Å². The van der Waals surface area contributed by atoms with Crippen molar-refractivity contribution in [2.45, 2.75) is 66.4 Å². The third-order valence-corrected chi connectivity index (χ3v) is 1.89. The Kier molecular flexibility index (Phi) is 17.5. The molecule has 0 radical (unpaired) electrons. The first-order valence-corrected chi connectivity index (χ1v) is 7.18. The number of hydrogen-bond donors (Lipinski definition) is 1. The Morgan fingerprint density at radius 3 is 1.33 bits per heavy atom. The van der Waals surface area contributed by atoms with Crippen molar-refractivity contribution in [3.63, 3.8) is 0 Å². The van der Waals surface area contributed by atoms with Gasteiger partial charge >= 0.3 is 0 Å². The van der Waals surface area contributed by atoms with Crippen molar-refractivity contribution in [2.24, 2.45) is 5.92 Å². The molecule has 0 aromatic heterocycles. The first-order chi connectivity index (χ1) is 8.50. The molecule has 0 saturated carbocycles. The van der Waals surface area contributed by atoms with Crippen LogP contribution < -0.4 is 0 Å². The summed E-state index contributed by atoms with van der Waals surface area (Å²) in [6.45, 7) is 10.5. The van der Waals surface area contributed by atoms with Crippen LogP contribution in [0.15, 0.2) is 36.4 Å². The zero-order valence-electron chi connectivity index (χ0n) is 12.9. The minimum atomic E-state index is -0.0958. The lowest BCUT2D eigenvalue weighted by atomic mass is 10.1. The Morgan fingerprint density at radius 2 is 1.11 bits per heavy atom. The third-order valence-electron chi connectivity index (χ3n) is 1.89. The number of benzene rings is 1. The first kappa shape index (κ1) is 19.5. The van der Waals surface area contributed by atoms with Crippen molar-refractivity contribution >= 4 is 0 Å². The molecule has 1 rings (SSSR count). The molecular formula is C17H32O. The summed E-state index contributed by atoms with van der Waals surface area (Å²) in [6.07, 6.45) is 4.54. The van der Waals surface area contributed by atoms with Crippen molar-refractivity contribution in [2.75, 3.05) is 0 Å². The summed E-state index contributed by atoms with van der Waals surface area (Å²) in [5.41, 5.74) is 0. The van der Waals surface area contributed by atoms with E-state index >= 15 is 0 Å². The average Bonchev–Trinajstić information content (AvgIpc) is 2.31. The van der Waals surface area contributed by atoms with Gasteiger partial charge < -0.3 is 5.11 Å². The van der Waals surface area contributed by atoms with Gasteiger partial charge in [-0.2, -0.15) is 0 Å². The molecule has 1 aromatic carbocycles. The fraction of sp³-hybridized carbons (Fsp3) is 0.647. The summed E-state index contributed by atoms with van der Waals surface area (Å²) in [7, 11) is 0. The maximum Gasteiger partial charge on any atom is 0.0512 e. The number of rotatable bonds is 4. The van der Waals surface area contributed by atoms with Crippen LogP contribution in [0.5, 0.6) is 0 Å². The van der Waals surface area contributed by atoms with E-state index in [2.05, 4.69) is 27.7 Å². The van der Waals surface area contributed by atoms with Gasteiger partial charge in [-0.1, -0.05) is 83.4 Å². The largest absolute Gasteiger partial charge is 0.393 e. The lowest BCUT2D eigenvalue weighted by molar-refractivity contribution is 0.180. The van der Waals surface area contributed by atoms with Gasteiger partial charge in [0.05, 0.1) is 6.10 Å². The van der Waals surface area contributed by atoms with E-state index in [1.54, 1.807) is 0 Å². The highest BCUT2D eigenvalue weighted by atomic mass is 16.3. The van der Waals surface area contributed by atoms with Gasteiger partial charge in [-0.15, -0.1) is 0 Å². The van der Waals surface area contributed by atoms with Crippen LogP contribution >= 0.6 is 0 Å². The molecule has 1 unspecified atom stereocenters. The van der Waals surface area contributed by atoms with Crippen LogP contribution in [0, 0.1) is 5.92 Å². The van der Waals surface area contributed by atoms with Gasteiger partial charge in [-0.3, -0.25) is 0 Å². The molecule has 0 aliphatic carbocycles. The Morgan fingerprint density at radius 1 is 0.778 bits per heavy atom. The third kappa shape index (κ3) is 29.5. The van der Waals surface area contributed by atoms with Crippen LogP contribution in [0.3, 0.4) is 0 Å². The molecule has 0 aliphatic rings. The van der Waals surface area contributed by atoms with E-state index in [0.717, 1.165) is 12.3 Å². The molecule has 0 saturated heterocycles. The van der Waals surface area contributed by atoms with Crippen molar-refractivity contribution in [1.29, 1.82) is 0 Å². The monoisotopic (exact) mass is 252 g/mol. The molecule has 0 spiro atoms. The smallest absolute Gasteiger partial charge is 0.0512 e. The summed E-state index contributed by atoms with van der Waals surface area (Å²) in [5, 5.41) is 8.78. The maximum atomic E-state index is 8.78. The van der Waals surface area contributed by atoms with Crippen LogP contribution in [0.1, 0.15) is 60.3 Å². The summed E-state index contributed by atoms with van der Waals surface area (Å²) in [4.78, 5) is 0. The van der Waals surface area contributed by atoms with Crippen molar-refractivity contribution in [3.8, 4) is 0 Å². The van der Waals surface area contributed by atoms with E-state index in [-0.39, 0.29) is 6.10 Å². The molecule has 18 heavy (non-hydrogen) atoms. The summed E-state index contributed by atoms with van der Waals surface area (Å²) < 4.78 is 0. The fourth-order valence-corrected chi connectivity index (χ4v) is 1.07. The number of aliphatic hydroxyl groups excluding tert-OH is 1. The first-order valence-electron chi connectivity index (χ1n) is 7.18. The minimum Gasteiger partial charge on any atom is -0.393 e. The second-order valence-electron chi connectivity index (χ2n) is 5.23. The average molecular weight is 252 g/mol. The topological polar surface area (TPSA) is 20.2 Å². The second-order valence-corrected chi connectivity index (χ2v) is 5.23. The van der Waals surface area contributed by atoms with Crippen molar-refractivity contribution in [3.05, 3.63) is 36.4 Å². The predicted octanol–water partition coefficient (Wildman–Crippen LogP) is 5.30. The molecule has 106 valence electrons. The maximum absolute atomic E-state index is 8.78. The van der Waals surface area contributed by atoms with Crippen LogP contribution in [0.2, 0.25) is 0 Å². The van der Waals surface area contributed by atoms with Gasteiger partial charge in [-0.25, -0.2) is 0 Å². The normalized spacial score (nSPS) is 10.8. The highest BCUT2D eigenvalue weighted by Crippen LogP contribution is 2.01. The summed E-state index contributed by atoms with van der Waals surface area (Å²) in [5.74, 6) is 0.833. The van der Waals surface area contributed by atoms with Crippen LogP contribution in [0.4, 0.5) is 0 Å². The molecule has 0 heterocycles. The van der Waals surface area contributed by atoms with E-state index in [1.807, 2.05) is 43.3 Å². The van der Waals surface area contributed by atoms with Crippen molar-refractivity contribution in [1.82, 2.24) is 0 Å². The Hall–Kier alpha value is -0.820. The van der Waals surface area contributed by atoms with E-state index < -0.39 is 0 Å². The number of aliphatic hydroxyl groups is 1.